The zero-order chi connectivity index (χ0) is 24.2. The summed E-state index contributed by atoms with van der Waals surface area (Å²) in [6.07, 6.45) is 7.87. The van der Waals surface area contributed by atoms with E-state index in [2.05, 4.69) is 27.6 Å². The summed E-state index contributed by atoms with van der Waals surface area (Å²) in [6, 6.07) is 5.82. The van der Waals surface area contributed by atoms with Gasteiger partial charge >= 0.3 is 6.09 Å². The van der Waals surface area contributed by atoms with Crippen molar-refractivity contribution < 1.29 is 14.3 Å². The van der Waals surface area contributed by atoms with Gasteiger partial charge < -0.3 is 19.9 Å². The molecule has 0 aliphatic carbocycles. The summed E-state index contributed by atoms with van der Waals surface area (Å²) in [6.45, 7) is 11.5. The molecule has 2 amide bonds. The highest BCUT2D eigenvalue weighted by atomic mass is 16.6. The van der Waals surface area contributed by atoms with Crippen LogP contribution in [0.2, 0.25) is 0 Å². The van der Waals surface area contributed by atoms with Gasteiger partial charge in [-0.3, -0.25) is 9.48 Å². The van der Waals surface area contributed by atoms with Crippen LogP contribution in [0.1, 0.15) is 65.0 Å². The minimum absolute atomic E-state index is 0.00441. The number of alkyl carbamates (subject to hydrolysis) is 1. The van der Waals surface area contributed by atoms with E-state index in [4.69, 9.17) is 4.74 Å². The zero-order valence-electron chi connectivity index (χ0n) is 20.8. The molecule has 1 N–H and O–H groups in total. The fraction of sp³-hybridized carbons (Fsp3) is 0.577. The van der Waals surface area contributed by atoms with Crippen molar-refractivity contribution in [2.24, 2.45) is 0 Å². The number of amides is 2. The second-order valence-electron chi connectivity index (χ2n) is 9.79. The number of hydrogen-bond acceptors (Lipinski definition) is 5. The van der Waals surface area contributed by atoms with Crippen LogP contribution in [-0.2, 0) is 16.1 Å². The van der Waals surface area contributed by atoms with Gasteiger partial charge in [-0.2, -0.15) is 5.10 Å². The molecule has 3 heterocycles. The van der Waals surface area contributed by atoms with Crippen LogP contribution in [0.5, 0.6) is 0 Å². The van der Waals surface area contributed by atoms with Crippen LogP contribution < -0.4 is 10.2 Å². The van der Waals surface area contributed by atoms with Gasteiger partial charge in [-0.1, -0.05) is 12.5 Å². The Kier molecular flexibility index (Phi) is 7.56. The fourth-order valence-corrected chi connectivity index (χ4v) is 5.11. The number of nitrogens with one attached hydrogen (secondary N) is 1. The standard InChI is InChI=1S/C26H37N5O3/c1-18(2)34-26(33)28-24-14-19(3)31(20(4)32)25-9-8-21(15-23(24)25)22-16-27-30(17-22)13-12-29-10-6-5-7-11-29/h8-9,15-19,24H,5-7,10-14H2,1-4H3,(H,28,33)/t19-,24?/m1/s1. The molecule has 8 heteroatoms. The third-order valence-corrected chi connectivity index (χ3v) is 6.71. The molecule has 0 saturated carbocycles. The first-order chi connectivity index (χ1) is 16.3. The maximum atomic E-state index is 12.4. The van der Waals surface area contributed by atoms with Gasteiger partial charge in [0.1, 0.15) is 0 Å². The van der Waals surface area contributed by atoms with E-state index in [0.29, 0.717) is 6.42 Å². The number of piperidine rings is 1. The molecule has 2 aliphatic heterocycles. The Balaban J connectivity index is 1.56. The zero-order valence-corrected chi connectivity index (χ0v) is 20.8. The summed E-state index contributed by atoms with van der Waals surface area (Å²) < 4.78 is 7.33. The summed E-state index contributed by atoms with van der Waals surface area (Å²) in [7, 11) is 0. The number of carbonyl (C=O) groups is 2. The molecule has 2 atom stereocenters. The number of anilines is 1. The number of nitrogens with zero attached hydrogens (tertiary/aromatic N) is 4. The summed E-state index contributed by atoms with van der Waals surface area (Å²) in [4.78, 5) is 29.1. The smallest absolute Gasteiger partial charge is 0.407 e. The summed E-state index contributed by atoms with van der Waals surface area (Å²) >= 11 is 0. The maximum Gasteiger partial charge on any atom is 0.407 e. The third-order valence-electron chi connectivity index (χ3n) is 6.71. The van der Waals surface area contributed by atoms with Gasteiger partial charge in [0.25, 0.3) is 0 Å². The monoisotopic (exact) mass is 467 g/mol. The molecule has 1 aromatic heterocycles. The van der Waals surface area contributed by atoms with Crippen molar-refractivity contribution in [3.63, 3.8) is 0 Å². The number of benzene rings is 1. The lowest BCUT2D eigenvalue weighted by Crippen LogP contribution is -2.45. The summed E-state index contributed by atoms with van der Waals surface area (Å²) in [5, 5.41) is 7.59. The largest absolute Gasteiger partial charge is 0.447 e. The van der Waals surface area contributed by atoms with E-state index in [1.807, 2.05) is 48.7 Å². The van der Waals surface area contributed by atoms with Crippen molar-refractivity contribution in [3.05, 3.63) is 36.2 Å². The lowest BCUT2D eigenvalue weighted by molar-refractivity contribution is -0.117. The Bertz CT molecular complexity index is 1010. The molecule has 34 heavy (non-hydrogen) atoms. The van der Waals surface area contributed by atoms with E-state index in [1.54, 1.807) is 6.92 Å². The third kappa shape index (κ3) is 5.60. The number of likely N-dealkylation sites (tertiary alicyclic amines) is 1. The lowest BCUT2D eigenvalue weighted by atomic mass is 9.89. The van der Waals surface area contributed by atoms with Crippen molar-refractivity contribution >= 4 is 17.7 Å². The number of rotatable bonds is 6. The Labute approximate surface area is 202 Å². The molecule has 1 fully saturated rings. The lowest BCUT2D eigenvalue weighted by Gasteiger charge is -2.39. The van der Waals surface area contributed by atoms with Gasteiger partial charge in [0.2, 0.25) is 5.91 Å². The van der Waals surface area contributed by atoms with E-state index in [-0.39, 0.29) is 24.1 Å². The number of carbonyl (C=O) groups excluding carboxylic acids is 2. The first-order valence-corrected chi connectivity index (χ1v) is 12.5. The second kappa shape index (κ2) is 10.6. The second-order valence-corrected chi connectivity index (χ2v) is 9.79. The van der Waals surface area contributed by atoms with Crippen LogP contribution in [-0.4, -0.2) is 58.5 Å². The molecule has 2 aromatic rings. The molecule has 2 aliphatic rings. The molecular weight excluding hydrogens is 430 g/mol. The fourth-order valence-electron chi connectivity index (χ4n) is 5.11. The predicted octanol–water partition coefficient (Wildman–Crippen LogP) is 4.36. The van der Waals surface area contributed by atoms with Crippen LogP contribution in [0, 0.1) is 0 Å². The van der Waals surface area contributed by atoms with Gasteiger partial charge in [0.15, 0.2) is 0 Å². The molecule has 1 saturated heterocycles. The average Bonchev–Trinajstić information content (AvgIpc) is 3.26. The normalized spacial score (nSPS) is 20.8. The minimum Gasteiger partial charge on any atom is -0.447 e. The van der Waals surface area contributed by atoms with Crippen LogP contribution in [0.25, 0.3) is 11.1 Å². The van der Waals surface area contributed by atoms with E-state index in [1.165, 1.54) is 32.4 Å². The first-order valence-electron chi connectivity index (χ1n) is 12.5. The molecule has 184 valence electrons. The highest BCUT2D eigenvalue weighted by molar-refractivity contribution is 5.94. The van der Waals surface area contributed by atoms with E-state index in [0.717, 1.165) is 35.5 Å². The topological polar surface area (TPSA) is 79.7 Å². The highest BCUT2D eigenvalue weighted by Crippen LogP contribution is 2.39. The van der Waals surface area contributed by atoms with Gasteiger partial charge in [-0.05, 0) is 76.4 Å². The quantitative estimate of drug-likeness (QED) is 0.683. The van der Waals surface area contributed by atoms with Crippen LogP contribution in [0.15, 0.2) is 30.6 Å². The highest BCUT2D eigenvalue weighted by Gasteiger charge is 2.34. The molecule has 1 aromatic carbocycles. The maximum absolute atomic E-state index is 12.4. The average molecular weight is 468 g/mol. The van der Waals surface area contributed by atoms with Crippen molar-refractivity contribution in [3.8, 4) is 11.1 Å². The van der Waals surface area contributed by atoms with Crippen LogP contribution >= 0.6 is 0 Å². The number of hydrogen-bond donors (Lipinski definition) is 1. The minimum atomic E-state index is -0.439. The van der Waals surface area contributed by atoms with Gasteiger partial charge in [0.05, 0.1) is 24.9 Å². The summed E-state index contributed by atoms with van der Waals surface area (Å²) in [5.74, 6) is -0.00441. The number of fused-ring (bicyclic) bond motifs is 1. The van der Waals surface area contributed by atoms with Crippen LogP contribution in [0.4, 0.5) is 10.5 Å². The van der Waals surface area contributed by atoms with Crippen molar-refractivity contribution in [1.29, 1.82) is 0 Å². The van der Waals surface area contributed by atoms with Crippen molar-refractivity contribution in [2.75, 3.05) is 24.5 Å². The summed E-state index contributed by atoms with van der Waals surface area (Å²) in [5.41, 5.74) is 3.80. The Morgan fingerprint density at radius 3 is 2.62 bits per heavy atom. The SMILES string of the molecule is CC(=O)N1c2ccc(-c3cnn(CCN4CCCCC4)c3)cc2C(NC(=O)OC(C)C)C[C@H]1C. The molecule has 4 rings (SSSR count). The Morgan fingerprint density at radius 2 is 1.91 bits per heavy atom. The molecule has 1 unspecified atom stereocenters. The van der Waals surface area contributed by atoms with Crippen LogP contribution in [0.3, 0.4) is 0 Å². The number of aromatic nitrogens is 2. The van der Waals surface area contributed by atoms with Crippen molar-refractivity contribution in [2.45, 2.75) is 78.1 Å². The van der Waals surface area contributed by atoms with Crippen molar-refractivity contribution in [1.82, 2.24) is 20.0 Å². The van der Waals surface area contributed by atoms with Gasteiger partial charge in [-0.15, -0.1) is 0 Å². The molecule has 0 spiro atoms. The van der Waals surface area contributed by atoms with Gasteiger partial charge in [-0.25, -0.2) is 4.79 Å². The van der Waals surface area contributed by atoms with E-state index >= 15 is 0 Å². The number of ether oxygens (including phenoxy) is 1. The van der Waals surface area contributed by atoms with E-state index < -0.39 is 6.09 Å². The van der Waals surface area contributed by atoms with Gasteiger partial charge in [0, 0.05) is 37.0 Å². The predicted molar refractivity (Wildman–Crippen MR) is 133 cm³/mol. The first kappa shape index (κ1) is 24.3. The molecule has 0 bridgehead atoms. The Hall–Kier alpha value is -2.87. The van der Waals surface area contributed by atoms with E-state index in [9.17, 15) is 9.59 Å². The molecular formula is C26H37N5O3. The molecule has 0 radical (unpaired) electrons. The Morgan fingerprint density at radius 1 is 1.15 bits per heavy atom. The molecule has 8 nitrogen and oxygen atoms in total.